The van der Waals surface area contributed by atoms with Crippen molar-refractivity contribution in [3.8, 4) is 5.75 Å². The summed E-state index contributed by atoms with van der Waals surface area (Å²) in [5, 5.41) is 53.8. The van der Waals surface area contributed by atoms with Crippen molar-refractivity contribution in [1.82, 2.24) is 5.32 Å². The number of carbonyl (C=O) groups excluding carboxylic acids is 2. The molecule has 0 radical (unpaired) electrons. The number of amides is 2. The molecule has 0 heterocycles. The molecule has 1 aromatic carbocycles. The smallest absolute Gasteiger partial charge is 0.305 e. The molecule has 1 saturated carbocycles. The second-order valence-electron chi connectivity index (χ2n) is 9.32. The van der Waals surface area contributed by atoms with Gasteiger partial charge in [-0.15, -0.1) is 0 Å². The Labute approximate surface area is 210 Å². The Morgan fingerprint density at radius 3 is 2.17 bits per heavy atom. The van der Waals surface area contributed by atoms with E-state index in [1.165, 1.54) is 25.7 Å². The monoisotopic (exact) mass is 510 g/mol. The van der Waals surface area contributed by atoms with Gasteiger partial charge in [0.1, 0.15) is 23.5 Å². The number of nitrogens with one attached hydrogen (secondary N) is 2. The van der Waals surface area contributed by atoms with E-state index in [1.54, 1.807) is 24.3 Å². The minimum Gasteiger partial charge on any atom is -0.494 e. The molecule has 11 heteroatoms. The van der Waals surface area contributed by atoms with Gasteiger partial charge in [0.05, 0.1) is 25.2 Å². The minimum atomic E-state index is -2.29. The molecule has 0 saturated heterocycles. The summed E-state index contributed by atoms with van der Waals surface area (Å²) in [6.45, 7) is 2.75. The van der Waals surface area contributed by atoms with Gasteiger partial charge in [-0.3, -0.25) is 14.4 Å². The molecular weight excluding hydrogens is 472 g/mol. The summed E-state index contributed by atoms with van der Waals surface area (Å²) >= 11 is 0. The third-order valence-corrected chi connectivity index (χ3v) is 6.19. The highest BCUT2D eigenvalue weighted by Crippen LogP contribution is 2.29. The van der Waals surface area contributed by atoms with Crippen LogP contribution in [0.25, 0.3) is 0 Å². The molecule has 202 valence electrons. The topological polar surface area (TPSA) is 186 Å². The summed E-state index contributed by atoms with van der Waals surface area (Å²) < 4.78 is 5.69. The summed E-state index contributed by atoms with van der Waals surface area (Å²) in [4.78, 5) is 36.6. The molecule has 0 spiro atoms. The predicted molar refractivity (Wildman–Crippen MR) is 130 cm³/mol. The van der Waals surface area contributed by atoms with Crippen molar-refractivity contribution in [3.05, 3.63) is 24.3 Å². The SMILES string of the molecule is CCCCCCCCOc1ccc(NC(=O)C(CC(=O)O)NC(=O)C2(O)C[C@@H](O)C(O)[C@H](O)C2)cc1. The summed E-state index contributed by atoms with van der Waals surface area (Å²) in [5.74, 6) is -2.70. The van der Waals surface area contributed by atoms with E-state index in [0.717, 1.165) is 12.8 Å². The first-order valence-corrected chi connectivity index (χ1v) is 12.4. The van der Waals surface area contributed by atoms with Crippen LogP contribution in [0.15, 0.2) is 24.3 Å². The number of aliphatic carboxylic acids is 1. The van der Waals surface area contributed by atoms with E-state index < -0.39 is 67.0 Å². The maximum absolute atomic E-state index is 12.7. The molecule has 11 nitrogen and oxygen atoms in total. The zero-order valence-corrected chi connectivity index (χ0v) is 20.6. The number of unbranched alkanes of at least 4 members (excludes halogenated alkanes) is 5. The number of carbonyl (C=O) groups is 3. The van der Waals surface area contributed by atoms with Crippen LogP contribution < -0.4 is 15.4 Å². The first kappa shape index (κ1) is 29.5. The van der Waals surface area contributed by atoms with Crippen LogP contribution in [0.2, 0.25) is 0 Å². The quantitative estimate of drug-likeness (QED) is 0.179. The van der Waals surface area contributed by atoms with E-state index in [9.17, 15) is 39.9 Å². The lowest BCUT2D eigenvalue weighted by molar-refractivity contribution is -0.173. The summed E-state index contributed by atoms with van der Waals surface area (Å²) in [6, 6.07) is 4.95. The van der Waals surface area contributed by atoms with Crippen LogP contribution in [-0.2, 0) is 14.4 Å². The molecule has 3 atom stereocenters. The lowest BCUT2D eigenvalue weighted by atomic mass is 9.79. The van der Waals surface area contributed by atoms with Crippen molar-refractivity contribution in [3.63, 3.8) is 0 Å². The van der Waals surface area contributed by atoms with Crippen molar-refractivity contribution in [2.24, 2.45) is 0 Å². The van der Waals surface area contributed by atoms with E-state index in [0.29, 0.717) is 18.0 Å². The fourth-order valence-corrected chi connectivity index (χ4v) is 4.07. The van der Waals surface area contributed by atoms with E-state index in [4.69, 9.17) is 4.74 Å². The number of hydrogen-bond donors (Lipinski definition) is 7. The normalized spacial score (nSPS) is 24.5. The molecule has 1 aliphatic carbocycles. The lowest BCUT2D eigenvalue weighted by Crippen LogP contribution is -2.61. The molecule has 36 heavy (non-hydrogen) atoms. The Morgan fingerprint density at radius 2 is 1.58 bits per heavy atom. The number of anilines is 1. The number of carboxylic acid groups (broad SMARTS) is 1. The van der Waals surface area contributed by atoms with Crippen LogP contribution in [-0.4, -0.2) is 79.9 Å². The van der Waals surface area contributed by atoms with Crippen LogP contribution in [0.1, 0.15) is 64.7 Å². The molecule has 0 bridgehead atoms. The molecule has 1 aliphatic rings. The van der Waals surface area contributed by atoms with Gasteiger partial charge in [-0.05, 0) is 30.7 Å². The third-order valence-electron chi connectivity index (χ3n) is 6.19. The maximum atomic E-state index is 12.7. The summed E-state index contributed by atoms with van der Waals surface area (Å²) in [7, 11) is 0. The van der Waals surface area contributed by atoms with Crippen LogP contribution >= 0.6 is 0 Å². The van der Waals surface area contributed by atoms with Crippen LogP contribution in [0.5, 0.6) is 5.75 Å². The second-order valence-corrected chi connectivity index (χ2v) is 9.32. The van der Waals surface area contributed by atoms with Gasteiger partial charge >= 0.3 is 5.97 Å². The Bertz CT molecular complexity index is 850. The molecule has 0 aliphatic heterocycles. The molecule has 1 fully saturated rings. The number of hydrogen-bond acceptors (Lipinski definition) is 8. The third kappa shape index (κ3) is 9.05. The van der Waals surface area contributed by atoms with Gasteiger partial charge in [-0.25, -0.2) is 0 Å². The van der Waals surface area contributed by atoms with E-state index in [2.05, 4.69) is 17.6 Å². The molecular formula is C25H38N2O9. The zero-order chi connectivity index (χ0) is 26.7. The van der Waals surface area contributed by atoms with E-state index >= 15 is 0 Å². The highest BCUT2D eigenvalue weighted by atomic mass is 16.5. The Morgan fingerprint density at radius 1 is 1.00 bits per heavy atom. The Kier molecular flexibility index (Phi) is 11.6. The standard InChI is InChI=1S/C25H38N2O9/c1-2-3-4-5-6-7-12-36-17-10-8-16(9-11-17)26-23(33)18(13-21(30)31)27-24(34)25(35)14-19(28)22(32)20(29)15-25/h8-11,18-20,22,28-29,32,35H,2-7,12-15H2,1H3,(H,26,33)(H,27,34)(H,30,31)/t18?,19-,20-,22?,25?/m1/s1. The number of benzene rings is 1. The fraction of sp³-hybridized carbons (Fsp3) is 0.640. The highest BCUT2D eigenvalue weighted by molar-refractivity contribution is 6.00. The van der Waals surface area contributed by atoms with Crippen LogP contribution in [0.4, 0.5) is 5.69 Å². The Hall–Kier alpha value is -2.73. The van der Waals surface area contributed by atoms with Crippen molar-refractivity contribution >= 4 is 23.5 Å². The van der Waals surface area contributed by atoms with Gasteiger partial charge in [0.2, 0.25) is 5.91 Å². The summed E-state index contributed by atoms with van der Waals surface area (Å²) in [5.41, 5.74) is -1.94. The zero-order valence-electron chi connectivity index (χ0n) is 20.6. The van der Waals surface area contributed by atoms with Crippen molar-refractivity contribution in [1.29, 1.82) is 0 Å². The minimum absolute atomic E-state index is 0.349. The number of ether oxygens (including phenoxy) is 1. The van der Waals surface area contributed by atoms with Gasteiger partial charge in [0.15, 0.2) is 0 Å². The van der Waals surface area contributed by atoms with Crippen molar-refractivity contribution < 1.29 is 44.7 Å². The molecule has 2 amide bonds. The molecule has 1 aromatic rings. The van der Waals surface area contributed by atoms with E-state index in [-0.39, 0.29) is 0 Å². The highest BCUT2D eigenvalue weighted by Gasteiger charge is 2.49. The first-order valence-electron chi connectivity index (χ1n) is 12.4. The van der Waals surface area contributed by atoms with Crippen LogP contribution in [0.3, 0.4) is 0 Å². The van der Waals surface area contributed by atoms with Gasteiger partial charge in [0.25, 0.3) is 5.91 Å². The van der Waals surface area contributed by atoms with E-state index in [1.807, 2.05) is 0 Å². The molecule has 0 aromatic heterocycles. The predicted octanol–water partition coefficient (Wildman–Crippen LogP) is 0.931. The molecule has 2 rings (SSSR count). The summed E-state index contributed by atoms with van der Waals surface area (Å²) in [6.07, 6.45) is 0.267. The van der Waals surface area contributed by atoms with Gasteiger partial charge in [-0.1, -0.05) is 39.0 Å². The van der Waals surface area contributed by atoms with Crippen molar-refractivity contribution in [2.75, 3.05) is 11.9 Å². The Balaban J connectivity index is 1.91. The number of carboxylic acids is 1. The maximum Gasteiger partial charge on any atom is 0.305 e. The largest absolute Gasteiger partial charge is 0.494 e. The number of aliphatic hydroxyl groups is 4. The van der Waals surface area contributed by atoms with Gasteiger partial charge < -0.3 is 40.9 Å². The number of rotatable bonds is 14. The van der Waals surface area contributed by atoms with Gasteiger partial charge in [0, 0.05) is 18.5 Å². The second kappa shape index (κ2) is 14.1. The van der Waals surface area contributed by atoms with Crippen molar-refractivity contribution in [2.45, 2.75) is 94.7 Å². The average Bonchev–Trinajstić information content (AvgIpc) is 2.82. The first-order chi connectivity index (χ1) is 17.1. The van der Waals surface area contributed by atoms with Gasteiger partial charge in [-0.2, -0.15) is 0 Å². The number of aliphatic hydroxyl groups excluding tert-OH is 3. The lowest BCUT2D eigenvalue weighted by Gasteiger charge is -2.39. The van der Waals surface area contributed by atoms with Crippen LogP contribution in [0, 0.1) is 0 Å². The average molecular weight is 511 g/mol. The molecule has 7 N–H and O–H groups in total. The molecule has 1 unspecified atom stereocenters. The fourth-order valence-electron chi connectivity index (χ4n) is 4.07.